The minimum atomic E-state index is -0.112. The molecule has 0 aromatic heterocycles. The lowest BCUT2D eigenvalue weighted by molar-refractivity contribution is 0.255. The first-order valence-electron chi connectivity index (χ1n) is 6.18. The molecule has 0 N–H and O–H groups in total. The lowest BCUT2D eigenvalue weighted by atomic mass is 10.1. The highest BCUT2D eigenvalue weighted by molar-refractivity contribution is 5.35. The van der Waals surface area contributed by atoms with Gasteiger partial charge in [0.15, 0.2) is 0 Å². The van der Waals surface area contributed by atoms with Gasteiger partial charge in [-0.15, -0.1) is 0 Å². The molecule has 2 aromatic rings. The van der Waals surface area contributed by atoms with Gasteiger partial charge in [0.1, 0.15) is 11.9 Å². The Bertz CT molecular complexity index is 579. The Labute approximate surface area is 113 Å². The molecule has 0 fully saturated rings. The molecule has 0 aliphatic heterocycles. The maximum atomic E-state index is 8.77. The van der Waals surface area contributed by atoms with Crippen LogP contribution in [0.1, 0.15) is 24.2 Å². The molecule has 19 heavy (non-hydrogen) atoms. The predicted octanol–water partition coefficient (Wildman–Crippen LogP) is 4.25. The molecule has 94 valence electrons. The molecule has 0 amide bonds. The van der Waals surface area contributed by atoms with Crippen molar-refractivity contribution in [2.45, 2.75) is 13.0 Å². The maximum absolute atomic E-state index is 8.77. The van der Waals surface area contributed by atoms with Crippen molar-refractivity contribution in [1.82, 2.24) is 0 Å². The van der Waals surface area contributed by atoms with Crippen LogP contribution < -0.4 is 4.74 Å². The third-order valence-corrected chi connectivity index (χ3v) is 2.74. The zero-order chi connectivity index (χ0) is 13.5. The predicted molar refractivity (Wildman–Crippen MR) is 75.8 cm³/mol. The second-order valence-corrected chi connectivity index (χ2v) is 4.11. The van der Waals surface area contributed by atoms with Gasteiger partial charge in [-0.25, -0.2) is 0 Å². The fourth-order valence-electron chi connectivity index (χ4n) is 1.79. The van der Waals surface area contributed by atoms with E-state index in [4.69, 9.17) is 10.00 Å². The quantitative estimate of drug-likeness (QED) is 0.759. The number of hydrogen-bond acceptors (Lipinski definition) is 2. The number of rotatable bonds is 4. The minimum absolute atomic E-state index is 0.112. The van der Waals surface area contributed by atoms with Gasteiger partial charge >= 0.3 is 0 Å². The number of nitrogens with zero attached hydrogens (tertiary/aromatic N) is 1. The summed E-state index contributed by atoms with van der Waals surface area (Å²) < 4.78 is 5.94. The van der Waals surface area contributed by atoms with Crippen molar-refractivity contribution in [3.05, 3.63) is 77.9 Å². The molecule has 2 heteroatoms. The summed E-state index contributed by atoms with van der Waals surface area (Å²) in [6.07, 6.45) is 3.87. The van der Waals surface area contributed by atoms with Crippen molar-refractivity contribution < 1.29 is 4.74 Å². The molecule has 0 heterocycles. The van der Waals surface area contributed by atoms with E-state index >= 15 is 0 Å². The van der Waals surface area contributed by atoms with Crippen LogP contribution in [0.15, 0.2) is 66.7 Å². The van der Waals surface area contributed by atoms with Crippen LogP contribution >= 0.6 is 0 Å². The molecule has 0 aliphatic carbocycles. The zero-order valence-corrected chi connectivity index (χ0v) is 10.8. The molecule has 0 spiro atoms. The van der Waals surface area contributed by atoms with Gasteiger partial charge in [0.2, 0.25) is 0 Å². The maximum Gasteiger partial charge on any atom is 0.142 e. The average molecular weight is 249 g/mol. The van der Waals surface area contributed by atoms with E-state index in [1.54, 1.807) is 12.1 Å². The molecule has 0 radical (unpaired) electrons. The third-order valence-electron chi connectivity index (χ3n) is 2.74. The first-order valence-corrected chi connectivity index (χ1v) is 6.18. The zero-order valence-electron chi connectivity index (χ0n) is 10.8. The summed E-state index contributed by atoms with van der Waals surface area (Å²) in [6, 6.07) is 19.3. The first-order chi connectivity index (χ1) is 9.33. The Hall–Kier alpha value is -2.53. The van der Waals surface area contributed by atoms with Crippen LogP contribution in [-0.4, -0.2) is 0 Å². The minimum Gasteiger partial charge on any atom is -0.482 e. The second kappa shape index (κ2) is 6.42. The van der Waals surface area contributed by atoms with E-state index < -0.39 is 0 Å². The van der Waals surface area contributed by atoms with Crippen LogP contribution in [0, 0.1) is 11.3 Å². The summed E-state index contributed by atoms with van der Waals surface area (Å²) >= 11 is 0. The second-order valence-electron chi connectivity index (χ2n) is 4.11. The fourth-order valence-corrected chi connectivity index (χ4v) is 1.79. The first kappa shape index (κ1) is 12.9. The van der Waals surface area contributed by atoms with E-state index in [0.717, 1.165) is 11.3 Å². The lowest BCUT2D eigenvalue weighted by Gasteiger charge is -2.16. The molecule has 0 aliphatic rings. The lowest BCUT2D eigenvalue weighted by Crippen LogP contribution is -2.04. The molecule has 2 aromatic carbocycles. The van der Waals surface area contributed by atoms with Gasteiger partial charge in [-0.2, -0.15) is 5.26 Å². The Morgan fingerprint density at radius 1 is 1.05 bits per heavy atom. The molecule has 0 saturated heterocycles. The Kier molecular flexibility index (Phi) is 4.36. The van der Waals surface area contributed by atoms with E-state index in [1.165, 1.54) is 0 Å². The van der Waals surface area contributed by atoms with Crippen molar-refractivity contribution in [2.75, 3.05) is 0 Å². The molecule has 0 bridgehead atoms. The summed E-state index contributed by atoms with van der Waals surface area (Å²) in [5, 5.41) is 8.77. The van der Waals surface area contributed by atoms with Crippen LogP contribution in [0.3, 0.4) is 0 Å². The topological polar surface area (TPSA) is 33.0 Å². The number of hydrogen-bond donors (Lipinski definition) is 0. The van der Waals surface area contributed by atoms with E-state index in [2.05, 4.69) is 6.07 Å². The largest absolute Gasteiger partial charge is 0.482 e. The van der Waals surface area contributed by atoms with E-state index in [-0.39, 0.29) is 6.10 Å². The molecule has 1 atom stereocenters. The van der Waals surface area contributed by atoms with Crippen molar-refractivity contribution >= 4 is 0 Å². The molecule has 0 saturated carbocycles. The van der Waals surface area contributed by atoms with Crippen molar-refractivity contribution in [3.63, 3.8) is 0 Å². The van der Waals surface area contributed by atoms with Crippen LogP contribution in [0.5, 0.6) is 5.75 Å². The van der Waals surface area contributed by atoms with E-state index in [9.17, 15) is 0 Å². The Morgan fingerprint density at radius 2 is 1.74 bits per heavy atom. The number of ether oxygens (including phenoxy) is 1. The van der Waals surface area contributed by atoms with Gasteiger partial charge in [0.05, 0.1) is 11.6 Å². The van der Waals surface area contributed by atoms with Crippen molar-refractivity contribution in [1.29, 1.82) is 5.26 Å². The van der Waals surface area contributed by atoms with Crippen molar-refractivity contribution in [3.8, 4) is 11.8 Å². The van der Waals surface area contributed by atoms with Gasteiger partial charge < -0.3 is 4.74 Å². The highest BCUT2D eigenvalue weighted by atomic mass is 16.5. The summed E-state index contributed by atoms with van der Waals surface area (Å²) in [5.74, 6) is 0.756. The summed E-state index contributed by atoms with van der Waals surface area (Å²) in [6.45, 7) is 1.97. The van der Waals surface area contributed by atoms with Crippen molar-refractivity contribution in [2.24, 2.45) is 0 Å². The average Bonchev–Trinajstić information content (AvgIpc) is 2.48. The monoisotopic (exact) mass is 249 g/mol. The summed E-state index contributed by atoms with van der Waals surface area (Å²) in [7, 11) is 0. The molecule has 2 nitrogen and oxygen atoms in total. The third kappa shape index (κ3) is 3.46. The van der Waals surface area contributed by atoms with Gasteiger partial charge in [-0.05, 0) is 42.8 Å². The molecular formula is C17H15NO. The smallest absolute Gasteiger partial charge is 0.142 e. The number of nitriles is 1. The van der Waals surface area contributed by atoms with Gasteiger partial charge in [0, 0.05) is 0 Å². The summed E-state index contributed by atoms with van der Waals surface area (Å²) in [5.41, 5.74) is 1.74. The van der Waals surface area contributed by atoms with Crippen LogP contribution in [0.4, 0.5) is 0 Å². The number of benzene rings is 2. The van der Waals surface area contributed by atoms with Crippen LogP contribution in [0.25, 0.3) is 0 Å². The SMILES string of the molecule is C/C=C/C(Oc1ccc(C#N)cc1)c1ccccc1. The van der Waals surface area contributed by atoms with Crippen LogP contribution in [-0.2, 0) is 0 Å². The highest BCUT2D eigenvalue weighted by Crippen LogP contribution is 2.23. The van der Waals surface area contributed by atoms with E-state index in [1.807, 2.05) is 61.5 Å². The molecular weight excluding hydrogens is 234 g/mol. The Balaban J connectivity index is 2.19. The molecule has 1 unspecified atom stereocenters. The number of allylic oxidation sites excluding steroid dienone is 1. The Morgan fingerprint density at radius 3 is 2.32 bits per heavy atom. The summed E-state index contributed by atoms with van der Waals surface area (Å²) in [4.78, 5) is 0. The fraction of sp³-hybridized carbons (Fsp3) is 0.118. The van der Waals surface area contributed by atoms with E-state index in [0.29, 0.717) is 5.56 Å². The molecule has 2 rings (SSSR count). The van der Waals surface area contributed by atoms with Gasteiger partial charge in [-0.1, -0.05) is 36.4 Å². The van der Waals surface area contributed by atoms with Gasteiger partial charge in [0.25, 0.3) is 0 Å². The van der Waals surface area contributed by atoms with Gasteiger partial charge in [-0.3, -0.25) is 0 Å². The van der Waals surface area contributed by atoms with Crippen LogP contribution in [0.2, 0.25) is 0 Å². The standard InChI is InChI=1S/C17H15NO/c1-2-6-17(15-7-4-3-5-8-15)19-16-11-9-14(13-18)10-12-16/h2-12,17H,1H3/b6-2+. The normalized spacial score (nSPS) is 12.0. The highest BCUT2D eigenvalue weighted by Gasteiger charge is 2.08.